The summed E-state index contributed by atoms with van der Waals surface area (Å²) in [6.07, 6.45) is 1.20. The van der Waals surface area contributed by atoms with Gasteiger partial charge in [-0.3, -0.25) is 9.59 Å². The number of amides is 3. The van der Waals surface area contributed by atoms with Crippen molar-refractivity contribution in [3.63, 3.8) is 0 Å². The van der Waals surface area contributed by atoms with Gasteiger partial charge in [0.1, 0.15) is 11.6 Å². The molecule has 31 heavy (non-hydrogen) atoms. The van der Waals surface area contributed by atoms with E-state index in [4.69, 9.17) is 4.74 Å². The molecule has 2 rings (SSSR count). The van der Waals surface area contributed by atoms with E-state index in [1.165, 1.54) is 6.92 Å². The fourth-order valence-electron chi connectivity index (χ4n) is 3.21. The molecule has 3 N–H and O–H groups in total. The molecule has 1 atom stereocenters. The summed E-state index contributed by atoms with van der Waals surface area (Å²) in [5.41, 5.74) is 0.354. The number of carbonyl (C=O) groups excluding carboxylic acids is 3. The number of nitrogens with one attached hydrogen (secondary N) is 3. The van der Waals surface area contributed by atoms with Gasteiger partial charge >= 0.3 is 6.09 Å². The molecule has 7 nitrogen and oxygen atoms in total. The van der Waals surface area contributed by atoms with Crippen LogP contribution in [-0.4, -0.2) is 36.1 Å². The zero-order chi connectivity index (χ0) is 22.9. The molecule has 0 radical (unpaired) electrons. The Balaban J connectivity index is 1.99. The maximum atomic E-state index is 12.9. The second-order valence-electron chi connectivity index (χ2n) is 8.53. The minimum Gasteiger partial charge on any atom is -0.444 e. The SMILES string of the molecule is CC(=O)NCCCC[C@H](NC(=O)OC(C)(C)C)C(=O)NCc1cccc2ccccc12. The predicted octanol–water partition coefficient (Wildman–Crippen LogP) is 3.66. The molecule has 168 valence electrons. The lowest BCUT2D eigenvalue weighted by atomic mass is 10.0. The molecule has 0 saturated heterocycles. The second-order valence-corrected chi connectivity index (χ2v) is 8.53. The Kier molecular flexibility index (Phi) is 8.85. The molecule has 0 saturated carbocycles. The summed E-state index contributed by atoms with van der Waals surface area (Å²) in [6.45, 7) is 7.68. The molecule has 7 heteroatoms. The normalized spacial score (nSPS) is 12.1. The first-order valence-corrected chi connectivity index (χ1v) is 10.6. The molecule has 0 spiro atoms. The largest absolute Gasteiger partial charge is 0.444 e. The molecule has 3 amide bonds. The van der Waals surface area contributed by atoms with E-state index in [1.54, 1.807) is 20.8 Å². The molecule has 2 aromatic carbocycles. The summed E-state index contributed by atoms with van der Waals surface area (Å²) < 4.78 is 5.31. The van der Waals surface area contributed by atoms with E-state index < -0.39 is 17.7 Å². The number of benzene rings is 2. The fourth-order valence-corrected chi connectivity index (χ4v) is 3.21. The molecule has 0 fully saturated rings. The highest BCUT2D eigenvalue weighted by Gasteiger charge is 2.24. The molecule has 0 aliphatic heterocycles. The lowest BCUT2D eigenvalue weighted by molar-refractivity contribution is -0.123. The van der Waals surface area contributed by atoms with Gasteiger partial charge in [-0.2, -0.15) is 0 Å². The van der Waals surface area contributed by atoms with E-state index in [9.17, 15) is 14.4 Å². The van der Waals surface area contributed by atoms with Crippen molar-refractivity contribution in [2.45, 2.75) is 65.1 Å². The highest BCUT2D eigenvalue weighted by Crippen LogP contribution is 2.18. The van der Waals surface area contributed by atoms with E-state index in [0.717, 1.165) is 16.3 Å². The number of unbranched alkanes of at least 4 members (excludes halogenated alkanes) is 1. The number of alkyl carbamates (subject to hydrolysis) is 1. The van der Waals surface area contributed by atoms with Gasteiger partial charge in [-0.25, -0.2) is 4.79 Å². The summed E-state index contributed by atoms with van der Waals surface area (Å²) in [4.78, 5) is 36.1. The number of ether oxygens (including phenoxy) is 1. The Hall–Kier alpha value is -3.09. The van der Waals surface area contributed by atoms with E-state index in [1.807, 2.05) is 42.5 Å². The number of hydrogen-bond donors (Lipinski definition) is 3. The molecule has 0 heterocycles. The van der Waals surface area contributed by atoms with Gasteiger partial charge < -0.3 is 20.7 Å². The minimum absolute atomic E-state index is 0.0868. The van der Waals surface area contributed by atoms with Crippen LogP contribution in [-0.2, 0) is 20.9 Å². The Morgan fingerprint density at radius 1 is 0.968 bits per heavy atom. The van der Waals surface area contributed by atoms with E-state index >= 15 is 0 Å². The van der Waals surface area contributed by atoms with Crippen molar-refractivity contribution in [3.8, 4) is 0 Å². The lowest BCUT2D eigenvalue weighted by Crippen LogP contribution is -2.48. The third kappa shape index (κ3) is 8.66. The van der Waals surface area contributed by atoms with Crippen LogP contribution in [0.25, 0.3) is 10.8 Å². The molecule has 0 aliphatic rings. The quantitative estimate of drug-likeness (QED) is 0.532. The van der Waals surface area contributed by atoms with Crippen molar-refractivity contribution in [2.24, 2.45) is 0 Å². The maximum absolute atomic E-state index is 12.9. The highest BCUT2D eigenvalue weighted by atomic mass is 16.6. The van der Waals surface area contributed by atoms with Crippen molar-refractivity contribution in [1.29, 1.82) is 0 Å². The van der Waals surface area contributed by atoms with Crippen LogP contribution in [0.2, 0.25) is 0 Å². The smallest absolute Gasteiger partial charge is 0.408 e. The van der Waals surface area contributed by atoms with E-state index in [2.05, 4.69) is 16.0 Å². The zero-order valence-corrected chi connectivity index (χ0v) is 18.8. The standard InChI is InChI=1S/C24H33N3O4/c1-17(28)25-15-8-7-14-21(27-23(30)31-24(2,3)4)22(29)26-16-19-12-9-11-18-10-5-6-13-20(18)19/h5-6,9-13,21H,7-8,14-16H2,1-4H3,(H,25,28)(H,26,29)(H,27,30)/t21-/m0/s1. The Morgan fingerprint density at radius 2 is 1.68 bits per heavy atom. The Bertz CT molecular complexity index is 900. The summed E-state index contributed by atoms with van der Waals surface area (Å²) in [5, 5.41) is 10.5. The van der Waals surface area contributed by atoms with Crippen LogP contribution < -0.4 is 16.0 Å². The van der Waals surface area contributed by atoms with Crippen LogP contribution in [0.1, 0.15) is 52.5 Å². The van der Waals surface area contributed by atoms with Crippen LogP contribution in [0, 0.1) is 0 Å². The maximum Gasteiger partial charge on any atom is 0.408 e. The first-order valence-electron chi connectivity index (χ1n) is 10.6. The molecule has 0 unspecified atom stereocenters. The molecule has 0 bridgehead atoms. The highest BCUT2D eigenvalue weighted by molar-refractivity contribution is 5.88. The lowest BCUT2D eigenvalue weighted by Gasteiger charge is -2.23. The van der Waals surface area contributed by atoms with Gasteiger partial charge in [0, 0.05) is 20.0 Å². The summed E-state index contributed by atoms with van der Waals surface area (Å²) in [7, 11) is 0. The molecule has 2 aromatic rings. The van der Waals surface area contributed by atoms with Gasteiger partial charge in [0.15, 0.2) is 0 Å². The van der Waals surface area contributed by atoms with Gasteiger partial charge in [0.05, 0.1) is 0 Å². The monoisotopic (exact) mass is 427 g/mol. The predicted molar refractivity (Wildman–Crippen MR) is 121 cm³/mol. The summed E-state index contributed by atoms with van der Waals surface area (Å²) >= 11 is 0. The topological polar surface area (TPSA) is 96.5 Å². The average molecular weight is 428 g/mol. The Morgan fingerprint density at radius 3 is 2.39 bits per heavy atom. The fraction of sp³-hybridized carbons (Fsp3) is 0.458. The molecular formula is C24H33N3O4. The van der Waals surface area contributed by atoms with Crippen LogP contribution in [0.4, 0.5) is 4.79 Å². The van der Waals surface area contributed by atoms with Crippen LogP contribution in [0.3, 0.4) is 0 Å². The minimum atomic E-state index is -0.720. The van der Waals surface area contributed by atoms with Crippen LogP contribution in [0.15, 0.2) is 42.5 Å². The van der Waals surface area contributed by atoms with Crippen LogP contribution >= 0.6 is 0 Å². The third-order valence-corrected chi connectivity index (χ3v) is 4.63. The van der Waals surface area contributed by atoms with Gasteiger partial charge in [0.2, 0.25) is 11.8 Å². The number of rotatable bonds is 9. The van der Waals surface area contributed by atoms with Gasteiger partial charge in [-0.15, -0.1) is 0 Å². The molecular weight excluding hydrogens is 394 g/mol. The average Bonchev–Trinajstić information content (AvgIpc) is 2.69. The van der Waals surface area contributed by atoms with E-state index in [0.29, 0.717) is 32.4 Å². The number of carbonyl (C=O) groups is 3. The third-order valence-electron chi connectivity index (χ3n) is 4.63. The number of fused-ring (bicyclic) bond motifs is 1. The Labute approximate surface area is 183 Å². The zero-order valence-electron chi connectivity index (χ0n) is 18.8. The van der Waals surface area contributed by atoms with Gasteiger partial charge in [-0.05, 0) is 56.4 Å². The van der Waals surface area contributed by atoms with E-state index in [-0.39, 0.29) is 11.8 Å². The van der Waals surface area contributed by atoms with Gasteiger partial charge in [0.25, 0.3) is 0 Å². The first kappa shape index (κ1) is 24.2. The van der Waals surface area contributed by atoms with Crippen molar-refractivity contribution in [1.82, 2.24) is 16.0 Å². The van der Waals surface area contributed by atoms with Gasteiger partial charge in [-0.1, -0.05) is 42.5 Å². The van der Waals surface area contributed by atoms with Crippen molar-refractivity contribution < 1.29 is 19.1 Å². The van der Waals surface area contributed by atoms with Crippen molar-refractivity contribution in [3.05, 3.63) is 48.0 Å². The summed E-state index contributed by atoms with van der Waals surface area (Å²) in [5.74, 6) is -0.352. The summed E-state index contributed by atoms with van der Waals surface area (Å²) in [6, 6.07) is 13.2. The molecule has 0 aromatic heterocycles. The van der Waals surface area contributed by atoms with Crippen LogP contribution in [0.5, 0.6) is 0 Å². The van der Waals surface area contributed by atoms with Crippen molar-refractivity contribution >= 4 is 28.7 Å². The first-order chi connectivity index (χ1) is 14.7. The number of hydrogen-bond acceptors (Lipinski definition) is 4. The molecule has 0 aliphatic carbocycles. The second kappa shape index (κ2) is 11.3. The van der Waals surface area contributed by atoms with Crippen molar-refractivity contribution in [2.75, 3.05) is 6.54 Å².